The summed E-state index contributed by atoms with van der Waals surface area (Å²) in [6.45, 7) is 2.75. The van der Waals surface area contributed by atoms with Crippen LogP contribution in [0.4, 0.5) is 22.0 Å². The maximum atomic E-state index is 13.0. The minimum absolute atomic E-state index is 0.00309. The van der Waals surface area contributed by atoms with E-state index in [4.69, 9.17) is 11.6 Å². The predicted octanol–water partition coefficient (Wildman–Crippen LogP) is 2.87. The maximum Gasteiger partial charge on any atom is 0.375 e. The van der Waals surface area contributed by atoms with Crippen LogP contribution in [0.3, 0.4) is 0 Å². The van der Waals surface area contributed by atoms with E-state index in [0.29, 0.717) is 0 Å². The minimum atomic E-state index is -5.13. The molecule has 0 saturated carbocycles. The zero-order valence-electron chi connectivity index (χ0n) is 7.37. The molecule has 8 heteroatoms. The lowest BCUT2D eigenvalue weighted by Crippen LogP contribution is -2.50. The Morgan fingerprint density at radius 3 is 2.07 bits per heavy atom. The highest BCUT2D eigenvalue weighted by Crippen LogP contribution is 2.38. The summed E-state index contributed by atoms with van der Waals surface area (Å²) in [5, 5.41) is -0.899. The molecule has 0 amide bonds. The van der Waals surface area contributed by atoms with Crippen molar-refractivity contribution in [2.45, 2.75) is 25.1 Å². The molecule has 0 fully saturated rings. The molecule has 0 rings (SSSR count). The van der Waals surface area contributed by atoms with E-state index in [9.17, 15) is 26.7 Å². The highest BCUT2D eigenvalue weighted by atomic mass is 35.5. The molecule has 0 bridgehead atoms. The first-order chi connectivity index (χ1) is 6.52. The van der Waals surface area contributed by atoms with Gasteiger partial charge in [-0.25, -0.2) is 13.6 Å². The van der Waals surface area contributed by atoms with Gasteiger partial charge in [0.05, 0.1) is 0 Å². The number of hydrogen-bond donors (Lipinski definition) is 0. The Balaban J connectivity index is 4.83. The van der Waals surface area contributed by atoms with E-state index in [1.165, 1.54) is 0 Å². The molecular formula is C7H6ClF5O2. The van der Waals surface area contributed by atoms with Gasteiger partial charge >= 0.3 is 24.2 Å². The van der Waals surface area contributed by atoms with E-state index in [1.54, 1.807) is 0 Å². The molecule has 0 aliphatic heterocycles. The molecule has 0 aliphatic carbocycles. The second-order valence-corrected chi connectivity index (χ2v) is 3.09. The lowest BCUT2D eigenvalue weighted by molar-refractivity contribution is -0.293. The van der Waals surface area contributed by atoms with Crippen molar-refractivity contribution >= 4 is 17.6 Å². The molecule has 1 unspecified atom stereocenters. The van der Waals surface area contributed by atoms with Crippen LogP contribution < -0.4 is 0 Å². The molecule has 0 saturated heterocycles. The van der Waals surface area contributed by atoms with Crippen molar-refractivity contribution < 1.29 is 31.5 Å². The van der Waals surface area contributed by atoms with Gasteiger partial charge in [-0.05, 0) is 0 Å². The van der Waals surface area contributed by atoms with Crippen molar-refractivity contribution in [3.05, 3.63) is 11.6 Å². The van der Waals surface area contributed by atoms with Crippen LogP contribution in [0.15, 0.2) is 11.6 Å². The molecule has 88 valence electrons. The summed E-state index contributed by atoms with van der Waals surface area (Å²) in [7, 11) is 0. The van der Waals surface area contributed by atoms with Crippen molar-refractivity contribution in [3.63, 3.8) is 0 Å². The summed E-state index contributed by atoms with van der Waals surface area (Å²) < 4.78 is 64.8. The van der Waals surface area contributed by atoms with E-state index in [0.717, 1.165) is 0 Å². The van der Waals surface area contributed by atoms with Gasteiger partial charge in [0, 0.05) is 6.92 Å². The first kappa shape index (κ1) is 14.2. The largest absolute Gasteiger partial charge is 0.418 e. The van der Waals surface area contributed by atoms with Crippen LogP contribution in [-0.2, 0) is 9.53 Å². The van der Waals surface area contributed by atoms with Gasteiger partial charge in [0.15, 0.2) is 0 Å². The molecule has 0 heterocycles. The summed E-state index contributed by atoms with van der Waals surface area (Å²) >= 11 is 4.90. The Labute approximate surface area is 86.6 Å². The van der Waals surface area contributed by atoms with Gasteiger partial charge in [0.25, 0.3) is 0 Å². The van der Waals surface area contributed by atoms with E-state index >= 15 is 0 Å². The minimum Gasteiger partial charge on any atom is -0.418 e. The van der Waals surface area contributed by atoms with Gasteiger partial charge in [-0.1, -0.05) is 18.2 Å². The van der Waals surface area contributed by atoms with Crippen molar-refractivity contribution in [2.75, 3.05) is 0 Å². The molecule has 0 aromatic carbocycles. The third kappa shape index (κ3) is 3.05. The van der Waals surface area contributed by atoms with Crippen LogP contribution >= 0.6 is 11.6 Å². The van der Waals surface area contributed by atoms with Gasteiger partial charge in [0.2, 0.25) is 0 Å². The summed E-state index contributed by atoms with van der Waals surface area (Å²) in [6.07, 6.45) is -4.32. The van der Waals surface area contributed by atoms with Gasteiger partial charge in [0.1, 0.15) is 5.03 Å². The fourth-order valence-electron chi connectivity index (χ4n) is 0.492. The Kier molecular flexibility index (Phi) is 4.09. The summed E-state index contributed by atoms with van der Waals surface area (Å²) in [4.78, 5) is 10.6. The van der Waals surface area contributed by atoms with E-state index in [1.807, 2.05) is 0 Å². The van der Waals surface area contributed by atoms with Gasteiger partial charge in [-0.15, -0.1) is 0 Å². The van der Waals surface area contributed by atoms with Crippen molar-refractivity contribution in [3.8, 4) is 0 Å². The number of carbonyl (C=O) groups excluding carboxylic acids is 1. The third-order valence-electron chi connectivity index (χ3n) is 1.38. The number of carbonyl (C=O) groups is 1. The average molecular weight is 253 g/mol. The second kappa shape index (κ2) is 4.34. The van der Waals surface area contributed by atoms with Gasteiger partial charge in [-0.3, -0.25) is 0 Å². The van der Waals surface area contributed by atoms with Crippen molar-refractivity contribution in [1.29, 1.82) is 0 Å². The molecule has 2 nitrogen and oxygen atoms in total. The standard InChI is InChI=1S/C7H6ClF5O2/c1-3(8)4(14)15-6(2,11)7(12,13)5(9)10/h5H,1H2,2H3. The number of esters is 1. The summed E-state index contributed by atoms with van der Waals surface area (Å²) in [5.74, 6) is -11.0. The fourth-order valence-corrected chi connectivity index (χ4v) is 0.531. The third-order valence-corrected chi connectivity index (χ3v) is 1.53. The van der Waals surface area contributed by atoms with Crippen LogP contribution in [0.5, 0.6) is 0 Å². The average Bonchev–Trinajstić information content (AvgIpc) is 2.02. The molecule has 1 atom stereocenters. The SMILES string of the molecule is C=C(Cl)C(=O)OC(C)(F)C(F)(F)C(F)F. The Morgan fingerprint density at radius 1 is 1.40 bits per heavy atom. The zero-order valence-corrected chi connectivity index (χ0v) is 8.12. The van der Waals surface area contributed by atoms with Crippen LogP contribution in [-0.4, -0.2) is 24.2 Å². The number of alkyl halides is 5. The van der Waals surface area contributed by atoms with Crippen LogP contribution in [0.25, 0.3) is 0 Å². The maximum absolute atomic E-state index is 13.0. The highest BCUT2D eigenvalue weighted by molar-refractivity contribution is 6.40. The van der Waals surface area contributed by atoms with E-state index < -0.39 is 29.2 Å². The van der Waals surface area contributed by atoms with Crippen molar-refractivity contribution in [2.24, 2.45) is 0 Å². The smallest absolute Gasteiger partial charge is 0.375 e. The van der Waals surface area contributed by atoms with Gasteiger partial charge in [-0.2, -0.15) is 13.2 Å². The lowest BCUT2D eigenvalue weighted by Gasteiger charge is -2.28. The van der Waals surface area contributed by atoms with E-state index in [2.05, 4.69) is 11.3 Å². The van der Waals surface area contributed by atoms with E-state index in [-0.39, 0.29) is 6.92 Å². The molecule has 0 radical (unpaired) electrons. The fraction of sp³-hybridized carbons (Fsp3) is 0.571. The molecule has 15 heavy (non-hydrogen) atoms. The molecular weight excluding hydrogens is 247 g/mol. The Hall–Kier alpha value is -0.850. The highest BCUT2D eigenvalue weighted by Gasteiger charge is 2.61. The number of halogens is 6. The molecule has 0 spiro atoms. The quantitative estimate of drug-likeness (QED) is 0.437. The summed E-state index contributed by atoms with van der Waals surface area (Å²) in [5.41, 5.74) is 0. The number of ether oxygens (including phenoxy) is 1. The first-order valence-electron chi connectivity index (χ1n) is 3.45. The Morgan fingerprint density at radius 2 is 1.80 bits per heavy atom. The lowest BCUT2D eigenvalue weighted by atomic mass is 10.2. The first-order valence-corrected chi connectivity index (χ1v) is 3.82. The van der Waals surface area contributed by atoms with Crippen LogP contribution in [0.2, 0.25) is 0 Å². The second-order valence-electron chi connectivity index (χ2n) is 2.63. The van der Waals surface area contributed by atoms with Crippen molar-refractivity contribution in [1.82, 2.24) is 0 Å². The molecule has 0 aromatic heterocycles. The Bertz CT molecular complexity index is 277. The predicted molar refractivity (Wildman–Crippen MR) is 41.5 cm³/mol. The number of hydrogen-bond acceptors (Lipinski definition) is 2. The van der Waals surface area contributed by atoms with Gasteiger partial charge < -0.3 is 4.74 Å². The molecule has 0 N–H and O–H groups in total. The van der Waals surface area contributed by atoms with Crippen LogP contribution in [0.1, 0.15) is 6.92 Å². The normalized spacial score (nSPS) is 16.0. The molecule has 0 aromatic rings. The monoisotopic (exact) mass is 252 g/mol. The summed E-state index contributed by atoms with van der Waals surface area (Å²) in [6, 6.07) is 0. The zero-order chi connectivity index (χ0) is 12.4. The topological polar surface area (TPSA) is 26.3 Å². The number of rotatable bonds is 4. The molecule has 0 aliphatic rings. The van der Waals surface area contributed by atoms with Crippen LogP contribution in [0, 0.1) is 0 Å².